The molecule has 4 rings (SSSR count). The van der Waals surface area contributed by atoms with E-state index < -0.39 is 0 Å². The summed E-state index contributed by atoms with van der Waals surface area (Å²) >= 11 is 5.29. The normalized spacial score (nSPS) is 17.0. The van der Waals surface area contributed by atoms with Crippen molar-refractivity contribution in [2.45, 2.75) is 11.9 Å². The first kappa shape index (κ1) is 17.4. The summed E-state index contributed by atoms with van der Waals surface area (Å²) < 4.78 is 8.41. The fraction of sp³-hybridized carbons (Fsp3) is 0.263. The van der Waals surface area contributed by atoms with Crippen molar-refractivity contribution in [3.63, 3.8) is 0 Å². The van der Waals surface area contributed by atoms with Crippen LogP contribution in [0.15, 0.2) is 53.3 Å². The van der Waals surface area contributed by atoms with Gasteiger partial charge in [0.15, 0.2) is 0 Å². The Morgan fingerprint density at radius 2 is 2.19 bits per heavy atom. The van der Waals surface area contributed by atoms with Gasteiger partial charge in [0.1, 0.15) is 17.7 Å². The fourth-order valence-electron chi connectivity index (χ4n) is 3.25. The molecule has 0 bridgehead atoms. The summed E-state index contributed by atoms with van der Waals surface area (Å²) in [4.78, 5) is 19.3. The Morgan fingerprint density at radius 1 is 1.35 bits per heavy atom. The van der Waals surface area contributed by atoms with E-state index in [1.807, 2.05) is 51.9 Å². The van der Waals surface area contributed by atoms with Gasteiger partial charge in [-0.1, -0.05) is 28.1 Å². The number of carbonyl (C=O) groups is 1. The number of ether oxygens (including phenoxy) is 1. The third-order valence-corrected chi connectivity index (χ3v) is 6.24. The Labute approximate surface area is 164 Å². The summed E-state index contributed by atoms with van der Waals surface area (Å²) in [6.45, 7) is 1.02. The average Bonchev–Trinajstić information content (AvgIpc) is 3.29. The monoisotopic (exact) mass is 431 g/mol. The first-order chi connectivity index (χ1) is 12.7. The summed E-state index contributed by atoms with van der Waals surface area (Å²) in [5, 5.41) is -0.0373. The molecule has 1 fully saturated rings. The molecule has 1 aliphatic rings. The maximum Gasteiger partial charge on any atom is 0.243 e. The van der Waals surface area contributed by atoms with Gasteiger partial charge in [-0.3, -0.25) is 4.79 Å². The number of halogens is 1. The second kappa shape index (κ2) is 7.32. The minimum atomic E-state index is -0.0373. The highest BCUT2D eigenvalue weighted by atomic mass is 79.9. The number of carbonyl (C=O) groups excluding carboxylic acids is 1. The zero-order chi connectivity index (χ0) is 18.1. The van der Waals surface area contributed by atoms with Crippen molar-refractivity contribution in [2.24, 2.45) is 0 Å². The Bertz CT molecular complexity index is 959. The zero-order valence-corrected chi connectivity index (χ0v) is 16.7. The predicted octanol–water partition coefficient (Wildman–Crippen LogP) is 4.08. The van der Waals surface area contributed by atoms with Crippen LogP contribution in [-0.2, 0) is 11.3 Å². The van der Waals surface area contributed by atoms with E-state index >= 15 is 0 Å². The number of rotatable bonds is 4. The minimum absolute atomic E-state index is 0.0373. The Hall–Kier alpha value is -1.99. The quantitative estimate of drug-likeness (QED) is 0.624. The van der Waals surface area contributed by atoms with Crippen LogP contribution in [0.4, 0.5) is 0 Å². The van der Waals surface area contributed by atoms with E-state index in [4.69, 9.17) is 4.74 Å². The van der Waals surface area contributed by atoms with Gasteiger partial charge in [0.05, 0.1) is 24.5 Å². The van der Waals surface area contributed by atoms with E-state index in [9.17, 15) is 4.79 Å². The highest BCUT2D eigenvalue weighted by Gasteiger charge is 2.32. The molecule has 1 atom stereocenters. The van der Waals surface area contributed by atoms with Gasteiger partial charge < -0.3 is 14.2 Å². The third-order valence-electron chi connectivity index (χ3n) is 4.50. The smallest absolute Gasteiger partial charge is 0.243 e. The van der Waals surface area contributed by atoms with Gasteiger partial charge in [0.25, 0.3) is 0 Å². The molecular weight excluding hydrogens is 414 g/mol. The lowest BCUT2D eigenvalue weighted by molar-refractivity contribution is -0.131. The Kier molecular flexibility index (Phi) is 4.91. The van der Waals surface area contributed by atoms with Crippen molar-refractivity contribution in [1.29, 1.82) is 0 Å². The molecule has 0 saturated carbocycles. The maximum absolute atomic E-state index is 13.0. The summed E-state index contributed by atoms with van der Waals surface area (Å²) in [5.74, 6) is 1.81. The van der Waals surface area contributed by atoms with Gasteiger partial charge in [-0.25, -0.2) is 4.98 Å². The largest absolute Gasteiger partial charge is 0.496 e. The van der Waals surface area contributed by atoms with Crippen LogP contribution in [-0.4, -0.2) is 39.8 Å². The van der Waals surface area contributed by atoms with Crippen molar-refractivity contribution < 1.29 is 9.53 Å². The third kappa shape index (κ3) is 3.21. The lowest BCUT2D eigenvalue weighted by Crippen LogP contribution is -2.33. The van der Waals surface area contributed by atoms with Crippen molar-refractivity contribution in [1.82, 2.24) is 14.5 Å². The first-order valence-electron chi connectivity index (χ1n) is 8.32. The predicted molar refractivity (Wildman–Crippen MR) is 107 cm³/mol. The number of hydrogen-bond donors (Lipinski definition) is 0. The second-order valence-corrected chi connectivity index (χ2v) is 8.16. The lowest BCUT2D eigenvalue weighted by Gasteiger charge is -2.26. The molecule has 3 aromatic rings. The van der Waals surface area contributed by atoms with Crippen LogP contribution < -0.4 is 4.74 Å². The van der Waals surface area contributed by atoms with Gasteiger partial charge in [-0.15, -0.1) is 11.8 Å². The molecule has 7 heteroatoms. The van der Waals surface area contributed by atoms with Crippen LogP contribution in [0, 0.1) is 0 Å². The maximum atomic E-state index is 13.0. The summed E-state index contributed by atoms with van der Waals surface area (Å²) in [5.41, 5.74) is 2.90. The molecule has 1 saturated heterocycles. The summed E-state index contributed by atoms with van der Waals surface area (Å²) in [7, 11) is 1.66. The van der Waals surface area contributed by atoms with E-state index in [-0.39, 0.29) is 17.8 Å². The van der Waals surface area contributed by atoms with Crippen molar-refractivity contribution in [3.8, 4) is 5.75 Å². The zero-order valence-electron chi connectivity index (χ0n) is 14.3. The van der Waals surface area contributed by atoms with Gasteiger partial charge in [0, 0.05) is 22.3 Å². The highest BCUT2D eigenvalue weighted by molar-refractivity contribution is 9.10. The molecule has 0 radical (unpaired) electrons. The standard InChI is InChI=1S/C19H18BrN3O2S/c1-25-17-7-6-13(20)10-14(17)19-23(8-9-26-19)18(24)11-22-12-21-15-4-2-3-5-16(15)22/h2-7,10,12,19H,8-9,11H2,1H3. The molecule has 134 valence electrons. The van der Waals surface area contributed by atoms with E-state index in [0.717, 1.165) is 39.1 Å². The minimum Gasteiger partial charge on any atom is -0.496 e. The molecule has 26 heavy (non-hydrogen) atoms. The van der Waals surface area contributed by atoms with Crippen LogP contribution in [0.5, 0.6) is 5.75 Å². The molecular formula is C19H18BrN3O2S. The SMILES string of the molecule is COc1ccc(Br)cc1C1SCCN1C(=O)Cn1cnc2ccccc21. The lowest BCUT2D eigenvalue weighted by atomic mass is 10.2. The van der Waals surface area contributed by atoms with E-state index in [2.05, 4.69) is 20.9 Å². The van der Waals surface area contributed by atoms with Crippen molar-refractivity contribution >= 4 is 44.6 Å². The second-order valence-electron chi connectivity index (χ2n) is 6.06. The average molecular weight is 432 g/mol. The fourth-order valence-corrected chi connectivity index (χ4v) is 4.92. The molecule has 0 spiro atoms. The topological polar surface area (TPSA) is 47.4 Å². The van der Waals surface area contributed by atoms with Gasteiger partial charge in [-0.05, 0) is 30.3 Å². The number of amides is 1. The summed E-state index contributed by atoms with van der Waals surface area (Å²) in [6, 6.07) is 13.8. The van der Waals surface area contributed by atoms with Crippen LogP contribution in [0.25, 0.3) is 11.0 Å². The van der Waals surface area contributed by atoms with Crippen molar-refractivity contribution in [2.75, 3.05) is 19.4 Å². The van der Waals surface area contributed by atoms with E-state index in [0.29, 0.717) is 0 Å². The number of para-hydroxylation sites is 2. The van der Waals surface area contributed by atoms with Crippen LogP contribution >= 0.6 is 27.7 Å². The molecule has 0 N–H and O–H groups in total. The number of hydrogen-bond acceptors (Lipinski definition) is 4. The molecule has 1 amide bonds. The molecule has 1 aliphatic heterocycles. The number of imidazole rings is 1. The van der Waals surface area contributed by atoms with Crippen LogP contribution in [0.1, 0.15) is 10.9 Å². The number of thioether (sulfide) groups is 1. The molecule has 5 nitrogen and oxygen atoms in total. The molecule has 2 heterocycles. The molecule has 2 aromatic carbocycles. The van der Waals surface area contributed by atoms with Gasteiger partial charge in [-0.2, -0.15) is 0 Å². The number of fused-ring (bicyclic) bond motifs is 1. The van der Waals surface area contributed by atoms with E-state index in [1.165, 1.54) is 0 Å². The number of aromatic nitrogens is 2. The summed E-state index contributed by atoms with van der Waals surface area (Å²) in [6.07, 6.45) is 1.74. The highest BCUT2D eigenvalue weighted by Crippen LogP contribution is 2.43. The Balaban J connectivity index is 1.60. The van der Waals surface area contributed by atoms with Gasteiger partial charge in [0.2, 0.25) is 5.91 Å². The van der Waals surface area contributed by atoms with Gasteiger partial charge >= 0.3 is 0 Å². The number of methoxy groups -OCH3 is 1. The van der Waals surface area contributed by atoms with Crippen LogP contribution in [0.2, 0.25) is 0 Å². The van der Waals surface area contributed by atoms with E-state index in [1.54, 1.807) is 25.2 Å². The number of benzene rings is 2. The Morgan fingerprint density at radius 3 is 3.04 bits per heavy atom. The van der Waals surface area contributed by atoms with Crippen LogP contribution in [0.3, 0.4) is 0 Å². The molecule has 1 aromatic heterocycles. The first-order valence-corrected chi connectivity index (χ1v) is 10.2. The van der Waals surface area contributed by atoms with Crippen molar-refractivity contribution in [3.05, 3.63) is 58.8 Å². The number of nitrogens with zero attached hydrogens (tertiary/aromatic N) is 3. The molecule has 0 aliphatic carbocycles. The molecule has 1 unspecified atom stereocenters.